The summed E-state index contributed by atoms with van der Waals surface area (Å²) in [6.45, 7) is 5.06. The fourth-order valence-electron chi connectivity index (χ4n) is 3.46. The third-order valence-electron chi connectivity index (χ3n) is 4.70. The lowest BCUT2D eigenvalue weighted by Crippen LogP contribution is -2.32. The van der Waals surface area contributed by atoms with E-state index in [-0.39, 0.29) is 5.69 Å². The standard InChI is InChI=1S/C19H20N4O/c1-13-10-11-16-17(22-12-6-7-14(22)2)21-19(24)23(18(16)20-13)15-8-4-3-5-9-15/h3-5,8-11,14H,6-7,12H2,1-2H3/t14-/m0/s1. The fraction of sp³-hybridized carbons (Fsp3) is 0.316. The molecule has 0 unspecified atom stereocenters. The van der Waals surface area contributed by atoms with Crippen LogP contribution in [0.25, 0.3) is 16.7 Å². The number of anilines is 1. The van der Waals surface area contributed by atoms with Gasteiger partial charge in [0.15, 0.2) is 5.65 Å². The largest absolute Gasteiger partial charge is 0.355 e. The lowest BCUT2D eigenvalue weighted by atomic mass is 10.2. The molecule has 5 heteroatoms. The average Bonchev–Trinajstić information content (AvgIpc) is 3.00. The number of pyridine rings is 1. The molecule has 0 saturated carbocycles. The van der Waals surface area contributed by atoms with Gasteiger partial charge in [0.2, 0.25) is 0 Å². The Morgan fingerprint density at radius 1 is 1.08 bits per heavy atom. The second kappa shape index (κ2) is 5.74. The first-order valence-corrected chi connectivity index (χ1v) is 8.37. The second-order valence-corrected chi connectivity index (χ2v) is 6.40. The molecule has 1 fully saturated rings. The van der Waals surface area contributed by atoms with Crippen molar-refractivity contribution in [3.05, 3.63) is 58.6 Å². The van der Waals surface area contributed by atoms with Crippen LogP contribution in [-0.4, -0.2) is 27.1 Å². The molecular weight excluding hydrogens is 300 g/mol. The molecule has 4 rings (SSSR count). The van der Waals surface area contributed by atoms with Gasteiger partial charge in [-0.2, -0.15) is 4.98 Å². The summed E-state index contributed by atoms with van der Waals surface area (Å²) in [6, 6.07) is 14.0. The first-order valence-electron chi connectivity index (χ1n) is 8.37. The van der Waals surface area contributed by atoms with Gasteiger partial charge in [0.1, 0.15) is 5.82 Å². The van der Waals surface area contributed by atoms with Crippen molar-refractivity contribution in [2.24, 2.45) is 0 Å². The van der Waals surface area contributed by atoms with Crippen LogP contribution in [0.4, 0.5) is 5.82 Å². The quantitative estimate of drug-likeness (QED) is 0.728. The first kappa shape index (κ1) is 14.9. The van der Waals surface area contributed by atoms with Crippen LogP contribution >= 0.6 is 0 Å². The van der Waals surface area contributed by atoms with E-state index in [4.69, 9.17) is 0 Å². The average molecular weight is 320 g/mol. The van der Waals surface area contributed by atoms with Gasteiger partial charge in [0.05, 0.1) is 11.1 Å². The predicted molar refractivity (Wildman–Crippen MR) is 95.9 cm³/mol. The highest BCUT2D eigenvalue weighted by Crippen LogP contribution is 2.29. The van der Waals surface area contributed by atoms with Crippen LogP contribution in [0.15, 0.2) is 47.3 Å². The number of fused-ring (bicyclic) bond motifs is 1. The zero-order chi connectivity index (χ0) is 16.7. The molecule has 0 spiro atoms. The summed E-state index contributed by atoms with van der Waals surface area (Å²) in [7, 11) is 0. The van der Waals surface area contributed by atoms with Crippen LogP contribution in [0.2, 0.25) is 0 Å². The Morgan fingerprint density at radius 2 is 1.88 bits per heavy atom. The minimum atomic E-state index is -0.277. The highest BCUT2D eigenvalue weighted by molar-refractivity contribution is 5.88. The Labute approximate surface area is 140 Å². The lowest BCUT2D eigenvalue weighted by Gasteiger charge is -2.24. The van der Waals surface area contributed by atoms with Crippen LogP contribution in [-0.2, 0) is 0 Å². The van der Waals surface area contributed by atoms with Crippen molar-refractivity contribution in [3.8, 4) is 5.69 Å². The smallest absolute Gasteiger partial charge is 0.353 e. The Hall–Kier alpha value is -2.69. The van der Waals surface area contributed by atoms with Crippen LogP contribution in [0, 0.1) is 6.92 Å². The Morgan fingerprint density at radius 3 is 2.58 bits per heavy atom. The minimum Gasteiger partial charge on any atom is -0.353 e. The summed E-state index contributed by atoms with van der Waals surface area (Å²) in [5.41, 5.74) is 2.08. The van der Waals surface area contributed by atoms with E-state index >= 15 is 0 Å². The van der Waals surface area contributed by atoms with E-state index in [0.29, 0.717) is 11.7 Å². The van der Waals surface area contributed by atoms with E-state index in [1.165, 1.54) is 0 Å². The highest BCUT2D eigenvalue weighted by atomic mass is 16.1. The molecular formula is C19H20N4O. The summed E-state index contributed by atoms with van der Waals surface area (Å²) in [4.78, 5) is 24.1. The van der Waals surface area contributed by atoms with E-state index in [1.54, 1.807) is 4.57 Å². The molecule has 5 nitrogen and oxygen atoms in total. The zero-order valence-electron chi connectivity index (χ0n) is 13.9. The van der Waals surface area contributed by atoms with Gasteiger partial charge in [0.25, 0.3) is 0 Å². The van der Waals surface area contributed by atoms with Gasteiger partial charge >= 0.3 is 5.69 Å². The maximum atomic E-state index is 12.8. The maximum Gasteiger partial charge on any atom is 0.355 e. The summed E-state index contributed by atoms with van der Waals surface area (Å²) < 4.78 is 1.60. The monoisotopic (exact) mass is 320 g/mol. The molecule has 122 valence electrons. The van der Waals surface area contributed by atoms with Gasteiger partial charge < -0.3 is 4.90 Å². The third-order valence-corrected chi connectivity index (χ3v) is 4.70. The number of aryl methyl sites for hydroxylation is 1. The van der Waals surface area contributed by atoms with Crippen molar-refractivity contribution in [2.75, 3.05) is 11.4 Å². The van der Waals surface area contributed by atoms with Crippen molar-refractivity contribution in [3.63, 3.8) is 0 Å². The molecule has 3 heterocycles. The molecule has 24 heavy (non-hydrogen) atoms. The van der Waals surface area contributed by atoms with Gasteiger partial charge in [-0.05, 0) is 51.0 Å². The molecule has 0 radical (unpaired) electrons. The number of hydrogen-bond acceptors (Lipinski definition) is 4. The molecule has 0 aliphatic carbocycles. The van der Waals surface area contributed by atoms with Crippen molar-refractivity contribution in [2.45, 2.75) is 32.7 Å². The Bertz CT molecular complexity index is 949. The van der Waals surface area contributed by atoms with Gasteiger partial charge in [-0.25, -0.2) is 14.3 Å². The normalized spacial score (nSPS) is 17.6. The van der Waals surface area contributed by atoms with Crippen LogP contribution in [0.5, 0.6) is 0 Å². The summed E-state index contributed by atoms with van der Waals surface area (Å²) in [5.74, 6) is 0.764. The summed E-state index contributed by atoms with van der Waals surface area (Å²) in [6.07, 6.45) is 2.26. The predicted octanol–water partition coefficient (Wildman–Crippen LogP) is 3.08. The Kier molecular flexibility index (Phi) is 3.56. The van der Waals surface area contributed by atoms with Crippen molar-refractivity contribution < 1.29 is 0 Å². The number of rotatable bonds is 2. The van der Waals surface area contributed by atoms with Crippen molar-refractivity contribution >= 4 is 16.9 Å². The molecule has 1 saturated heterocycles. The molecule has 0 amide bonds. The topological polar surface area (TPSA) is 51.0 Å². The van der Waals surface area contributed by atoms with Gasteiger partial charge in [-0.3, -0.25) is 0 Å². The number of para-hydroxylation sites is 1. The van der Waals surface area contributed by atoms with Crippen LogP contribution in [0.3, 0.4) is 0 Å². The third kappa shape index (κ3) is 2.37. The van der Waals surface area contributed by atoms with Gasteiger partial charge in [-0.15, -0.1) is 0 Å². The van der Waals surface area contributed by atoms with E-state index in [1.807, 2.05) is 49.4 Å². The van der Waals surface area contributed by atoms with Gasteiger partial charge in [-0.1, -0.05) is 18.2 Å². The summed E-state index contributed by atoms with van der Waals surface area (Å²) >= 11 is 0. The molecule has 1 aromatic carbocycles. The zero-order valence-corrected chi connectivity index (χ0v) is 13.9. The van der Waals surface area contributed by atoms with E-state index < -0.39 is 0 Å². The van der Waals surface area contributed by atoms with Gasteiger partial charge in [0, 0.05) is 18.3 Å². The molecule has 2 aromatic heterocycles. The number of aromatic nitrogens is 3. The molecule has 0 bridgehead atoms. The number of benzene rings is 1. The molecule has 1 aliphatic rings. The number of hydrogen-bond donors (Lipinski definition) is 0. The Balaban J connectivity index is 2.04. The van der Waals surface area contributed by atoms with Crippen molar-refractivity contribution in [1.29, 1.82) is 0 Å². The molecule has 1 aliphatic heterocycles. The fourth-order valence-corrected chi connectivity index (χ4v) is 3.46. The second-order valence-electron chi connectivity index (χ2n) is 6.40. The molecule has 0 N–H and O–H groups in total. The van der Waals surface area contributed by atoms with E-state index in [2.05, 4.69) is 21.8 Å². The minimum absolute atomic E-state index is 0.277. The van der Waals surface area contributed by atoms with E-state index in [9.17, 15) is 4.79 Å². The van der Waals surface area contributed by atoms with Crippen LogP contribution < -0.4 is 10.6 Å². The highest BCUT2D eigenvalue weighted by Gasteiger charge is 2.25. The summed E-state index contributed by atoms with van der Waals surface area (Å²) in [5, 5.41) is 0.929. The van der Waals surface area contributed by atoms with Crippen LogP contribution in [0.1, 0.15) is 25.5 Å². The SMILES string of the molecule is Cc1ccc2c(N3CCC[C@@H]3C)nc(=O)n(-c3ccccc3)c2n1. The number of nitrogens with zero attached hydrogens (tertiary/aromatic N) is 4. The molecule has 3 aromatic rings. The first-order chi connectivity index (χ1) is 11.6. The van der Waals surface area contributed by atoms with Crippen molar-refractivity contribution in [1.82, 2.24) is 14.5 Å². The maximum absolute atomic E-state index is 12.8. The lowest BCUT2D eigenvalue weighted by molar-refractivity contribution is 0.725. The molecule has 1 atom stereocenters. The van der Waals surface area contributed by atoms with E-state index in [0.717, 1.165) is 42.0 Å².